The van der Waals surface area contributed by atoms with Gasteiger partial charge in [0.25, 0.3) is 0 Å². The number of aliphatic carboxylic acids is 1. The van der Waals surface area contributed by atoms with Gasteiger partial charge in [-0.25, -0.2) is 4.98 Å². The summed E-state index contributed by atoms with van der Waals surface area (Å²) in [6, 6.07) is 5.05. The van der Waals surface area contributed by atoms with Gasteiger partial charge in [0.1, 0.15) is 12.4 Å². The van der Waals surface area contributed by atoms with E-state index in [4.69, 9.17) is 9.84 Å². The largest absolute Gasteiger partial charge is 0.488 e. The summed E-state index contributed by atoms with van der Waals surface area (Å²) < 4.78 is 45.2. The maximum Gasteiger partial charge on any atom is 0.434 e. The van der Waals surface area contributed by atoms with Crippen molar-refractivity contribution in [1.82, 2.24) is 4.98 Å². The van der Waals surface area contributed by atoms with Crippen molar-refractivity contribution in [3.05, 3.63) is 44.7 Å². The molecule has 9 heteroatoms. The van der Waals surface area contributed by atoms with Crippen LogP contribution in [0.1, 0.15) is 21.1 Å². The molecule has 1 N–H and O–H groups in total. The smallest absolute Gasteiger partial charge is 0.434 e. The Kier molecular flexibility index (Phi) is 4.70. The van der Waals surface area contributed by atoms with Crippen LogP contribution < -0.4 is 4.74 Å². The third-order valence-electron chi connectivity index (χ3n) is 3.41. The van der Waals surface area contributed by atoms with E-state index in [0.29, 0.717) is 16.3 Å². The summed E-state index contributed by atoms with van der Waals surface area (Å²) in [6.07, 6.45) is -4.58. The Morgan fingerprint density at radius 2 is 2.12 bits per heavy atom. The number of aryl methyl sites for hydroxylation is 1. The van der Waals surface area contributed by atoms with Crippen molar-refractivity contribution in [3.63, 3.8) is 0 Å². The molecule has 0 atom stereocenters. The summed E-state index contributed by atoms with van der Waals surface area (Å²) in [5.74, 6) is -0.490. The highest BCUT2D eigenvalue weighted by molar-refractivity contribution is 7.17. The monoisotopic (exact) mass is 387 g/mol. The molecule has 0 fully saturated rings. The number of nitrogens with zero attached hydrogens (tertiary/aromatic N) is 1. The highest BCUT2D eigenvalue weighted by atomic mass is 32.1. The number of hydrogen-bond acceptors (Lipinski definition) is 5. The lowest BCUT2D eigenvalue weighted by Gasteiger charge is -2.08. The van der Waals surface area contributed by atoms with Crippen LogP contribution in [-0.2, 0) is 24.0 Å². The van der Waals surface area contributed by atoms with E-state index in [1.54, 1.807) is 23.6 Å². The van der Waals surface area contributed by atoms with Crippen molar-refractivity contribution in [3.8, 4) is 5.75 Å². The maximum absolute atomic E-state index is 12.9. The summed E-state index contributed by atoms with van der Waals surface area (Å²) in [6.45, 7) is 1.30. The molecule has 0 bridgehead atoms. The van der Waals surface area contributed by atoms with Crippen LogP contribution in [0.25, 0.3) is 10.1 Å². The third kappa shape index (κ3) is 3.93. The maximum atomic E-state index is 12.9. The Hall–Kier alpha value is -2.13. The number of alkyl halides is 3. The van der Waals surface area contributed by atoms with Gasteiger partial charge in [-0.05, 0) is 41.5 Å². The van der Waals surface area contributed by atoms with E-state index >= 15 is 0 Å². The van der Waals surface area contributed by atoms with Crippen LogP contribution >= 0.6 is 22.7 Å². The quantitative estimate of drug-likeness (QED) is 0.677. The predicted octanol–water partition coefficient (Wildman–Crippen LogP) is 4.89. The fraction of sp³-hybridized carbons (Fsp3) is 0.250. The highest BCUT2D eigenvalue weighted by Gasteiger charge is 2.37. The number of ether oxygens (including phenoxy) is 1. The van der Waals surface area contributed by atoms with Gasteiger partial charge in [0, 0.05) is 4.70 Å². The summed E-state index contributed by atoms with van der Waals surface area (Å²) in [5, 5.41) is 11.8. The zero-order valence-electron chi connectivity index (χ0n) is 12.9. The third-order valence-corrected chi connectivity index (χ3v) is 5.35. The molecule has 25 heavy (non-hydrogen) atoms. The number of carboxylic acid groups (broad SMARTS) is 1. The van der Waals surface area contributed by atoms with Gasteiger partial charge in [0.05, 0.1) is 16.3 Å². The van der Waals surface area contributed by atoms with Gasteiger partial charge in [-0.15, -0.1) is 22.7 Å². The van der Waals surface area contributed by atoms with Crippen LogP contribution in [0.15, 0.2) is 23.6 Å². The molecule has 0 unspecified atom stereocenters. The molecule has 0 spiro atoms. The molecule has 0 amide bonds. The molecule has 0 aliphatic rings. The number of thiophene rings is 1. The predicted molar refractivity (Wildman–Crippen MR) is 89.3 cm³/mol. The average Bonchev–Trinajstić information content (AvgIpc) is 3.08. The standard InChI is InChI=1S/C16H12F3NO3S2/c1-8-20-15(16(17,18)19)13(25-8)6-23-10-2-3-11-9(4-14(21)22)7-24-12(11)5-10/h2-3,5,7H,4,6H2,1H3,(H,21,22). The first-order chi connectivity index (χ1) is 11.7. The van der Waals surface area contributed by atoms with E-state index in [0.717, 1.165) is 21.4 Å². The number of hydrogen-bond donors (Lipinski definition) is 1. The van der Waals surface area contributed by atoms with E-state index in [-0.39, 0.29) is 17.9 Å². The fourth-order valence-electron chi connectivity index (χ4n) is 2.39. The SMILES string of the molecule is Cc1nc(C(F)(F)F)c(COc2ccc3c(CC(=O)O)csc3c2)s1. The minimum atomic E-state index is -4.51. The number of rotatable bonds is 5. The fourth-order valence-corrected chi connectivity index (χ4v) is 4.25. The van der Waals surface area contributed by atoms with Crippen molar-refractivity contribution in [2.75, 3.05) is 0 Å². The Morgan fingerprint density at radius 1 is 1.36 bits per heavy atom. The molecule has 2 heterocycles. The van der Waals surface area contributed by atoms with Crippen LogP contribution in [0.3, 0.4) is 0 Å². The first kappa shape index (κ1) is 17.7. The van der Waals surface area contributed by atoms with Crippen molar-refractivity contribution < 1.29 is 27.8 Å². The molecular formula is C16H12F3NO3S2. The molecule has 0 aliphatic carbocycles. The number of thiazole rings is 1. The molecule has 0 radical (unpaired) electrons. The zero-order valence-corrected chi connectivity index (χ0v) is 14.5. The lowest BCUT2D eigenvalue weighted by atomic mass is 10.1. The van der Waals surface area contributed by atoms with Crippen molar-refractivity contribution in [2.24, 2.45) is 0 Å². The van der Waals surface area contributed by atoms with E-state index in [1.807, 2.05) is 0 Å². The number of benzene rings is 1. The number of aromatic nitrogens is 1. The van der Waals surface area contributed by atoms with Crippen LogP contribution in [-0.4, -0.2) is 16.1 Å². The summed E-state index contributed by atoms with van der Waals surface area (Å²) >= 11 is 2.33. The first-order valence-corrected chi connectivity index (χ1v) is 8.82. The van der Waals surface area contributed by atoms with Crippen LogP contribution in [0.4, 0.5) is 13.2 Å². The minimum absolute atomic E-state index is 0.0304. The van der Waals surface area contributed by atoms with E-state index < -0.39 is 17.8 Å². The second-order valence-corrected chi connectivity index (χ2v) is 7.48. The number of fused-ring (bicyclic) bond motifs is 1. The second-order valence-electron chi connectivity index (χ2n) is 5.28. The summed E-state index contributed by atoms with van der Waals surface area (Å²) in [7, 11) is 0. The molecule has 3 aromatic rings. The Morgan fingerprint density at radius 3 is 2.80 bits per heavy atom. The molecule has 0 saturated carbocycles. The number of carbonyl (C=O) groups is 1. The van der Waals surface area contributed by atoms with Crippen LogP contribution in [0, 0.1) is 6.92 Å². The van der Waals surface area contributed by atoms with Gasteiger partial charge >= 0.3 is 12.1 Å². The minimum Gasteiger partial charge on any atom is -0.488 e. The number of carboxylic acids is 1. The molecule has 0 saturated heterocycles. The van der Waals surface area contributed by atoms with Gasteiger partial charge in [-0.2, -0.15) is 13.2 Å². The normalized spacial score (nSPS) is 11.8. The van der Waals surface area contributed by atoms with Gasteiger partial charge < -0.3 is 9.84 Å². The molecule has 132 valence electrons. The second kappa shape index (κ2) is 6.64. The van der Waals surface area contributed by atoms with Gasteiger partial charge in [-0.1, -0.05) is 0 Å². The molecular weight excluding hydrogens is 375 g/mol. The van der Waals surface area contributed by atoms with Gasteiger partial charge in [0.15, 0.2) is 5.69 Å². The lowest BCUT2D eigenvalue weighted by Crippen LogP contribution is -2.10. The molecule has 0 aliphatic heterocycles. The molecule has 3 rings (SSSR count). The van der Waals surface area contributed by atoms with Crippen molar-refractivity contribution in [2.45, 2.75) is 26.1 Å². The van der Waals surface area contributed by atoms with E-state index in [1.165, 1.54) is 18.3 Å². The lowest BCUT2D eigenvalue weighted by molar-refractivity contribution is -0.141. The topological polar surface area (TPSA) is 59.4 Å². The Bertz CT molecular complexity index is 930. The first-order valence-electron chi connectivity index (χ1n) is 7.12. The zero-order chi connectivity index (χ0) is 18.2. The summed E-state index contributed by atoms with van der Waals surface area (Å²) in [4.78, 5) is 14.4. The number of halogens is 3. The van der Waals surface area contributed by atoms with Crippen LogP contribution in [0.2, 0.25) is 0 Å². The highest BCUT2D eigenvalue weighted by Crippen LogP contribution is 2.35. The van der Waals surface area contributed by atoms with E-state index in [9.17, 15) is 18.0 Å². The molecule has 1 aromatic carbocycles. The van der Waals surface area contributed by atoms with Gasteiger partial charge in [-0.3, -0.25) is 4.79 Å². The summed E-state index contributed by atoms with van der Waals surface area (Å²) in [5.41, 5.74) is -0.201. The van der Waals surface area contributed by atoms with Crippen molar-refractivity contribution in [1.29, 1.82) is 0 Å². The van der Waals surface area contributed by atoms with Crippen molar-refractivity contribution >= 4 is 38.7 Å². The van der Waals surface area contributed by atoms with E-state index in [2.05, 4.69) is 4.98 Å². The average molecular weight is 387 g/mol. The molecule has 4 nitrogen and oxygen atoms in total. The molecule has 2 aromatic heterocycles. The Balaban J connectivity index is 1.79. The van der Waals surface area contributed by atoms with Crippen LogP contribution in [0.5, 0.6) is 5.75 Å². The Labute approximate surface area is 148 Å². The van der Waals surface area contributed by atoms with Gasteiger partial charge in [0.2, 0.25) is 0 Å².